The van der Waals surface area contributed by atoms with Crippen LogP contribution in [0.4, 0.5) is 24.7 Å². The lowest BCUT2D eigenvalue weighted by atomic mass is 9.97. The number of carbonyl (C=O) groups is 2. The largest absolute Gasteiger partial charge is 0.416 e. The van der Waals surface area contributed by atoms with Gasteiger partial charge in [0.05, 0.1) is 17.3 Å². The Kier molecular flexibility index (Phi) is 15.5. The first-order valence-corrected chi connectivity index (χ1v) is 20.4. The molecule has 1 unspecified atom stereocenters. The molecule has 1 aliphatic heterocycles. The van der Waals surface area contributed by atoms with E-state index in [2.05, 4.69) is 48.1 Å². The number of benzene rings is 3. The second-order valence-electron chi connectivity index (χ2n) is 15.9. The van der Waals surface area contributed by atoms with Gasteiger partial charge < -0.3 is 31.7 Å². The smallest absolute Gasteiger partial charge is 0.382 e. The van der Waals surface area contributed by atoms with Crippen molar-refractivity contribution in [1.82, 2.24) is 25.7 Å². The normalized spacial score (nSPS) is 15.9. The first-order chi connectivity index (χ1) is 27.6. The van der Waals surface area contributed by atoms with Crippen molar-refractivity contribution in [2.75, 3.05) is 49.5 Å². The molecule has 6 N–H and O–H groups in total. The molecule has 4 atom stereocenters. The van der Waals surface area contributed by atoms with E-state index in [-0.39, 0.29) is 17.4 Å². The van der Waals surface area contributed by atoms with Crippen LogP contribution in [0.15, 0.2) is 66.7 Å². The van der Waals surface area contributed by atoms with Crippen LogP contribution in [0.3, 0.4) is 0 Å². The summed E-state index contributed by atoms with van der Waals surface area (Å²) in [5.41, 5.74) is 8.99. The van der Waals surface area contributed by atoms with E-state index < -0.39 is 41.9 Å². The summed E-state index contributed by atoms with van der Waals surface area (Å²) in [5, 5.41) is 30.2. The SMILES string of the molecule is Cc1c([C@@H](C)Nc2nnc(C)c3ccc(N4CCN(CCCCCNC(=O)C(CC(C)C)NC(=O)[C@@H](O)[C@H](N)Cc5ccccc5)CC4)cc23)cccc1C(F)(F)F. The highest BCUT2D eigenvalue weighted by Gasteiger charge is 2.33. The number of unbranched alkanes of at least 4 members (excludes halogenated alkanes) is 2. The average molecular weight is 805 g/mol. The Labute approximate surface area is 340 Å². The predicted octanol–water partition coefficient (Wildman–Crippen LogP) is 6.31. The van der Waals surface area contributed by atoms with Gasteiger partial charge in [0.1, 0.15) is 12.1 Å². The monoisotopic (exact) mass is 804 g/mol. The van der Waals surface area contributed by atoms with E-state index >= 15 is 0 Å². The van der Waals surface area contributed by atoms with E-state index in [1.807, 2.05) is 64.1 Å². The van der Waals surface area contributed by atoms with Gasteiger partial charge in [-0.05, 0) is 93.8 Å². The third-order valence-electron chi connectivity index (χ3n) is 11.0. The number of anilines is 2. The Morgan fingerprint density at radius 1 is 0.879 bits per heavy atom. The average Bonchev–Trinajstić information content (AvgIpc) is 3.19. The molecular formula is C44H59F3N8O3. The number of rotatable bonds is 18. The molecule has 0 bridgehead atoms. The standard InChI is InChI=1S/C44H59F3N8O3/c1-28(2)25-39(51-43(58)40(56)38(48)26-32-13-8-6-9-14-32)42(57)49-19-10-7-11-20-54-21-23-55(24-22-54)33-17-18-35-31(5)52-53-41(36(35)27-33)50-30(4)34-15-12-16-37(29(34)3)44(45,46)47/h6,8-9,12-18,27-28,30,38-40,56H,7,10-11,19-26,48H2,1-5H3,(H,49,57)(H,50,53)(H,51,58)/t30-,38-,39?,40+/m1/s1. The summed E-state index contributed by atoms with van der Waals surface area (Å²) in [7, 11) is 0. The summed E-state index contributed by atoms with van der Waals surface area (Å²) in [6.07, 6.45) is -2.36. The molecule has 1 aliphatic rings. The van der Waals surface area contributed by atoms with Crippen molar-refractivity contribution in [2.45, 2.75) is 97.1 Å². The molecule has 1 saturated heterocycles. The molecule has 3 aromatic carbocycles. The highest BCUT2D eigenvalue weighted by Crippen LogP contribution is 2.36. The minimum Gasteiger partial charge on any atom is -0.382 e. The van der Waals surface area contributed by atoms with Crippen LogP contribution < -0.4 is 26.6 Å². The van der Waals surface area contributed by atoms with Crippen LogP contribution in [0.2, 0.25) is 0 Å². The minimum absolute atomic E-state index is 0.153. The van der Waals surface area contributed by atoms with Gasteiger partial charge in [-0.25, -0.2) is 0 Å². The van der Waals surface area contributed by atoms with E-state index in [0.717, 1.165) is 85.8 Å². The van der Waals surface area contributed by atoms with Gasteiger partial charge in [0.25, 0.3) is 5.91 Å². The molecule has 14 heteroatoms. The molecule has 0 aliphatic carbocycles. The van der Waals surface area contributed by atoms with Crippen LogP contribution in [0.5, 0.6) is 0 Å². The van der Waals surface area contributed by atoms with Crippen LogP contribution in [0.1, 0.15) is 80.4 Å². The van der Waals surface area contributed by atoms with Crippen LogP contribution >= 0.6 is 0 Å². The zero-order chi connectivity index (χ0) is 42.0. The Hall–Kier alpha value is -4.79. The highest BCUT2D eigenvalue weighted by molar-refractivity contribution is 5.95. The van der Waals surface area contributed by atoms with E-state index in [9.17, 15) is 27.9 Å². The quantitative estimate of drug-likeness (QED) is 0.0731. The second kappa shape index (κ2) is 20.3. The van der Waals surface area contributed by atoms with Gasteiger partial charge in [0.15, 0.2) is 5.82 Å². The van der Waals surface area contributed by atoms with Crippen LogP contribution in [-0.4, -0.2) is 89.5 Å². The van der Waals surface area contributed by atoms with Crippen LogP contribution in [-0.2, 0) is 22.2 Å². The molecule has 4 aromatic rings. The number of nitrogens with zero attached hydrogens (tertiary/aromatic N) is 4. The number of hydrogen-bond donors (Lipinski definition) is 5. The van der Waals surface area contributed by atoms with E-state index in [4.69, 9.17) is 5.73 Å². The van der Waals surface area contributed by atoms with Crippen LogP contribution in [0.25, 0.3) is 10.8 Å². The van der Waals surface area contributed by atoms with Crippen molar-refractivity contribution < 1.29 is 27.9 Å². The number of piperazine rings is 1. The fourth-order valence-corrected chi connectivity index (χ4v) is 7.65. The fraction of sp³-hybridized carbons (Fsp3) is 0.500. The van der Waals surface area contributed by atoms with Gasteiger partial charge >= 0.3 is 6.18 Å². The molecule has 0 spiro atoms. The highest BCUT2D eigenvalue weighted by atomic mass is 19.4. The lowest BCUT2D eigenvalue weighted by molar-refractivity contribution is -0.138. The first kappa shape index (κ1) is 44.3. The topological polar surface area (TPSA) is 149 Å². The molecule has 0 saturated carbocycles. The van der Waals surface area contributed by atoms with Crippen LogP contribution in [0, 0.1) is 19.8 Å². The van der Waals surface area contributed by atoms with E-state index in [1.54, 1.807) is 6.07 Å². The number of carbonyl (C=O) groups excluding carboxylic acids is 2. The number of aryl methyl sites for hydroxylation is 1. The predicted molar refractivity (Wildman–Crippen MR) is 224 cm³/mol. The Bertz CT molecular complexity index is 1970. The van der Waals surface area contributed by atoms with Crippen molar-refractivity contribution in [3.8, 4) is 0 Å². The van der Waals surface area contributed by atoms with Gasteiger partial charge in [0.2, 0.25) is 5.91 Å². The number of fused-ring (bicyclic) bond motifs is 1. The molecule has 1 aromatic heterocycles. The summed E-state index contributed by atoms with van der Waals surface area (Å²) >= 11 is 0. The molecule has 2 amide bonds. The number of halogens is 3. The lowest BCUT2D eigenvalue weighted by Gasteiger charge is -2.36. The summed E-state index contributed by atoms with van der Waals surface area (Å²) in [4.78, 5) is 30.8. The van der Waals surface area contributed by atoms with Gasteiger partial charge in [-0.3, -0.25) is 14.5 Å². The molecular weight excluding hydrogens is 746 g/mol. The van der Waals surface area contributed by atoms with Gasteiger partial charge in [-0.2, -0.15) is 18.3 Å². The number of aliphatic hydroxyl groups excluding tert-OH is 1. The number of alkyl halides is 3. The summed E-state index contributed by atoms with van der Waals surface area (Å²) in [6, 6.07) is 17.9. The van der Waals surface area contributed by atoms with E-state index in [1.165, 1.54) is 13.0 Å². The van der Waals surface area contributed by atoms with Crippen molar-refractivity contribution in [3.05, 3.63) is 94.7 Å². The summed E-state index contributed by atoms with van der Waals surface area (Å²) in [5.74, 6) is -0.227. The van der Waals surface area contributed by atoms with Gasteiger partial charge in [-0.1, -0.05) is 68.8 Å². The maximum atomic E-state index is 13.6. The fourth-order valence-electron chi connectivity index (χ4n) is 7.65. The molecule has 0 radical (unpaired) electrons. The maximum absolute atomic E-state index is 13.6. The Morgan fingerprint density at radius 2 is 1.60 bits per heavy atom. The number of aliphatic hydroxyl groups is 1. The number of amides is 2. The van der Waals surface area contributed by atoms with Crippen molar-refractivity contribution in [3.63, 3.8) is 0 Å². The Balaban J connectivity index is 1.06. The molecule has 2 heterocycles. The molecule has 11 nitrogen and oxygen atoms in total. The number of nitrogens with two attached hydrogens (primary N) is 1. The van der Waals surface area contributed by atoms with Crippen molar-refractivity contribution in [1.29, 1.82) is 0 Å². The summed E-state index contributed by atoms with van der Waals surface area (Å²) < 4.78 is 40.9. The maximum Gasteiger partial charge on any atom is 0.416 e. The van der Waals surface area contributed by atoms with Crippen molar-refractivity contribution in [2.24, 2.45) is 11.7 Å². The third kappa shape index (κ3) is 11.9. The van der Waals surface area contributed by atoms with Gasteiger partial charge in [-0.15, -0.1) is 5.10 Å². The third-order valence-corrected chi connectivity index (χ3v) is 11.0. The Morgan fingerprint density at radius 3 is 2.29 bits per heavy atom. The molecule has 314 valence electrons. The van der Waals surface area contributed by atoms with Gasteiger partial charge in [0, 0.05) is 55.2 Å². The molecule has 58 heavy (non-hydrogen) atoms. The van der Waals surface area contributed by atoms with E-state index in [0.29, 0.717) is 30.8 Å². The summed E-state index contributed by atoms with van der Waals surface area (Å²) in [6.45, 7) is 14.1. The zero-order valence-corrected chi connectivity index (χ0v) is 34.3. The molecule has 1 fully saturated rings. The first-order valence-electron chi connectivity index (χ1n) is 20.4. The molecule has 5 rings (SSSR count). The lowest BCUT2D eigenvalue weighted by Crippen LogP contribution is -2.54. The number of aromatic nitrogens is 2. The van der Waals surface area contributed by atoms with Crippen molar-refractivity contribution >= 4 is 34.1 Å². The minimum atomic E-state index is -4.43. The number of nitrogens with one attached hydrogen (secondary N) is 3. The second-order valence-corrected chi connectivity index (χ2v) is 15.9. The zero-order valence-electron chi connectivity index (χ0n) is 34.3. The number of hydrogen-bond acceptors (Lipinski definition) is 9.